The first-order valence-corrected chi connectivity index (χ1v) is 8.93. The van der Waals surface area contributed by atoms with Crippen molar-refractivity contribution in [2.75, 3.05) is 20.2 Å². The van der Waals surface area contributed by atoms with Crippen LogP contribution in [0.5, 0.6) is 0 Å². The van der Waals surface area contributed by atoms with Gasteiger partial charge in [-0.25, -0.2) is 4.68 Å². The van der Waals surface area contributed by atoms with Crippen molar-refractivity contribution in [2.24, 2.45) is 5.92 Å². The third kappa shape index (κ3) is 6.02. The molecule has 0 aliphatic rings. The number of carbonyl (C=O) groups is 2. The molecule has 2 rings (SSSR count). The molecule has 0 bridgehead atoms. The number of amides is 1. The Morgan fingerprint density at radius 2 is 1.92 bits per heavy atom. The highest BCUT2D eigenvalue weighted by atomic mass is 16.5. The standard InChI is InChI=1S/C20H27N3O3/c1-16(2)14-22(12-11-20(25)26-3)19(24)10-9-17-13-21-23(15-17)18-7-5-4-6-8-18/h4-8,13,15-16H,9-12,14H2,1-3H3. The highest BCUT2D eigenvalue weighted by Gasteiger charge is 2.17. The molecule has 0 spiro atoms. The monoisotopic (exact) mass is 357 g/mol. The van der Waals surface area contributed by atoms with Gasteiger partial charge in [0.25, 0.3) is 0 Å². The molecule has 6 heteroatoms. The molecule has 0 atom stereocenters. The Kier molecular flexibility index (Phi) is 7.38. The smallest absolute Gasteiger partial charge is 0.307 e. The Morgan fingerprint density at radius 3 is 2.58 bits per heavy atom. The Morgan fingerprint density at radius 1 is 1.19 bits per heavy atom. The molecule has 0 fully saturated rings. The van der Waals surface area contributed by atoms with Crippen LogP contribution in [0.3, 0.4) is 0 Å². The van der Waals surface area contributed by atoms with Gasteiger partial charge in [-0.1, -0.05) is 32.0 Å². The van der Waals surface area contributed by atoms with Crippen LogP contribution in [0.15, 0.2) is 42.7 Å². The number of hydrogen-bond donors (Lipinski definition) is 0. The van der Waals surface area contributed by atoms with Crippen molar-refractivity contribution in [2.45, 2.75) is 33.1 Å². The summed E-state index contributed by atoms with van der Waals surface area (Å²) in [6.07, 6.45) is 4.99. The summed E-state index contributed by atoms with van der Waals surface area (Å²) >= 11 is 0. The van der Waals surface area contributed by atoms with E-state index in [1.165, 1.54) is 7.11 Å². The quantitative estimate of drug-likeness (QED) is 0.647. The van der Waals surface area contributed by atoms with E-state index in [4.69, 9.17) is 0 Å². The van der Waals surface area contributed by atoms with E-state index in [2.05, 4.69) is 23.7 Å². The van der Waals surface area contributed by atoms with Crippen LogP contribution in [0.25, 0.3) is 5.69 Å². The topological polar surface area (TPSA) is 64.4 Å². The summed E-state index contributed by atoms with van der Waals surface area (Å²) in [5.74, 6) is 0.100. The molecule has 1 aromatic heterocycles. The molecule has 1 aromatic carbocycles. The predicted octanol–water partition coefficient (Wildman–Crippen LogP) is 2.85. The summed E-state index contributed by atoms with van der Waals surface area (Å²) in [7, 11) is 1.36. The van der Waals surface area contributed by atoms with Gasteiger partial charge >= 0.3 is 5.97 Å². The van der Waals surface area contributed by atoms with Crippen LogP contribution in [-0.2, 0) is 20.7 Å². The maximum absolute atomic E-state index is 12.6. The molecule has 140 valence electrons. The molecule has 0 aliphatic heterocycles. The number of rotatable bonds is 9. The number of carbonyl (C=O) groups excluding carboxylic acids is 2. The molecule has 2 aromatic rings. The molecule has 1 amide bonds. The largest absolute Gasteiger partial charge is 0.469 e. The Labute approximate surface area is 154 Å². The highest BCUT2D eigenvalue weighted by molar-refractivity contribution is 5.77. The molecule has 0 aliphatic carbocycles. The van der Waals surface area contributed by atoms with Crippen LogP contribution in [-0.4, -0.2) is 46.8 Å². The van der Waals surface area contributed by atoms with Crippen molar-refractivity contribution in [1.82, 2.24) is 14.7 Å². The number of methoxy groups -OCH3 is 1. The predicted molar refractivity (Wildman–Crippen MR) is 99.9 cm³/mol. The average Bonchev–Trinajstić information content (AvgIpc) is 3.12. The molecule has 1 heterocycles. The zero-order valence-corrected chi connectivity index (χ0v) is 15.7. The number of esters is 1. The lowest BCUT2D eigenvalue weighted by atomic mass is 10.1. The van der Waals surface area contributed by atoms with Crippen LogP contribution in [0.2, 0.25) is 0 Å². The van der Waals surface area contributed by atoms with E-state index < -0.39 is 0 Å². The van der Waals surface area contributed by atoms with E-state index in [0.29, 0.717) is 31.8 Å². The minimum absolute atomic E-state index is 0.0510. The molecule has 26 heavy (non-hydrogen) atoms. The van der Waals surface area contributed by atoms with Gasteiger partial charge in [0.2, 0.25) is 5.91 Å². The van der Waals surface area contributed by atoms with E-state index >= 15 is 0 Å². The minimum atomic E-state index is -0.296. The first kappa shape index (κ1) is 19.7. The molecule has 0 N–H and O–H groups in total. The SMILES string of the molecule is COC(=O)CCN(CC(C)C)C(=O)CCc1cnn(-c2ccccc2)c1. The second-order valence-corrected chi connectivity index (χ2v) is 6.69. The first-order chi connectivity index (χ1) is 12.5. The summed E-state index contributed by atoms with van der Waals surface area (Å²) in [6.45, 7) is 5.15. The summed E-state index contributed by atoms with van der Waals surface area (Å²) in [6, 6.07) is 9.86. The third-order valence-electron chi connectivity index (χ3n) is 4.04. The first-order valence-electron chi connectivity index (χ1n) is 8.93. The fourth-order valence-electron chi connectivity index (χ4n) is 2.71. The Balaban J connectivity index is 1.92. The Hall–Kier alpha value is -2.63. The molecule has 0 saturated heterocycles. The van der Waals surface area contributed by atoms with Crippen molar-refractivity contribution >= 4 is 11.9 Å². The number of ether oxygens (including phenoxy) is 1. The van der Waals surface area contributed by atoms with Gasteiger partial charge in [-0.2, -0.15) is 5.10 Å². The maximum Gasteiger partial charge on any atom is 0.307 e. The van der Waals surface area contributed by atoms with Crippen LogP contribution >= 0.6 is 0 Å². The van der Waals surface area contributed by atoms with E-state index in [-0.39, 0.29) is 18.3 Å². The number of para-hydroxylation sites is 1. The molecule has 0 saturated carbocycles. The van der Waals surface area contributed by atoms with Crippen molar-refractivity contribution in [3.63, 3.8) is 0 Å². The van der Waals surface area contributed by atoms with Gasteiger partial charge in [0.15, 0.2) is 0 Å². The fraction of sp³-hybridized carbons (Fsp3) is 0.450. The normalized spacial score (nSPS) is 10.8. The van der Waals surface area contributed by atoms with Crippen molar-refractivity contribution in [1.29, 1.82) is 0 Å². The zero-order chi connectivity index (χ0) is 18.9. The number of nitrogens with zero attached hydrogens (tertiary/aromatic N) is 3. The van der Waals surface area contributed by atoms with Crippen LogP contribution < -0.4 is 0 Å². The molecular formula is C20H27N3O3. The van der Waals surface area contributed by atoms with Gasteiger partial charge in [-0.3, -0.25) is 9.59 Å². The van der Waals surface area contributed by atoms with Crippen molar-refractivity contribution < 1.29 is 14.3 Å². The molecular weight excluding hydrogens is 330 g/mol. The second-order valence-electron chi connectivity index (χ2n) is 6.69. The molecule has 0 unspecified atom stereocenters. The summed E-state index contributed by atoms with van der Waals surface area (Å²) in [5.41, 5.74) is 2.00. The van der Waals surface area contributed by atoms with Gasteiger partial charge in [0.1, 0.15) is 0 Å². The molecule has 6 nitrogen and oxygen atoms in total. The van der Waals surface area contributed by atoms with E-state index in [9.17, 15) is 9.59 Å². The van der Waals surface area contributed by atoms with E-state index in [1.807, 2.05) is 41.2 Å². The van der Waals surface area contributed by atoms with E-state index in [1.54, 1.807) is 11.1 Å². The fourth-order valence-corrected chi connectivity index (χ4v) is 2.71. The average molecular weight is 357 g/mol. The maximum atomic E-state index is 12.6. The van der Waals surface area contributed by atoms with Gasteiger partial charge in [0.05, 0.1) is 25.4 Å². The van der Waals surface area contributed by atoms with E-state index in [0.717, 1.165) is 11.3 Å². The van der Waals surface area contributed by atoms with Gasteiger partial charge in [-0.15, -0.1) is 0 Å². The highest BCUT2D eigenvalue weighted by Crippen LogP contribution is 2.11. The van der Waals surface area contributed by atoms with Crippen molar-refractivity contribution in [3.8, 4) is 5.69 Å². The van der Waals surface area contributed by atoms with Crippen molar-refractivity contribution in [3.05, 3.63) is 48.3 Å². The minimum Gasteiger partial charge on any atom is -0.469 e. The lowest BCUT2D eigenvalue weighted by Crippen LogP contribution is -2.36. The molecule has 0 radical (unpaired) electrons. The summed E-state index contributed by atoms with van der Waals surface area (Å²) < 4.78 is 6.48. The lowest BCUT2D eigenvalue weighted by molar-refractivity contribution is -0.141. The summed E-state index contributed by atoms with van der Waals surface area (Å²) in [5, 5.41) is 4.36. The summed E-state index contributed by atoms with van der Waals surface area (Å²) in [4.78, 5) is 25.7. The third-order valence-corrected chi connectivity index (χ3v) is 4.04. The zero-order valence-electron chi connectivity index (χ0n) is 15.7. The lowest BCUT2D eigenvalue weighted by Gasteiger charge is -2.24. The van der Waals surface area contributed by atoms with Crippen LogP contribution in [0, 0.1) is 5.92 Å². The number of benzene rings is 1. The number of aromatic nitrogens is 2. The Bertz CT molecular complexity index is 710. The van der Waals surface area contributed by atoms with Gasteiger partial charge in [0, 0.05) is 25.7 Å². The van der Waals surface area contributed by atoms with Gasteiger partial charge in [-0.05, 0) is 30.0 Å². The van der Waals surface area contributed by atoms with Crippen LogP contribution in [0.1, 0.15) is 32.3 Å². The van der Waals surface area contributed by atoms with Gasteiger partial charge < -0.3 is 9.64 Å². The van der Waals surface area contributed by atoms with Crippen LogP contribution in [0.4, 0.5) is 0 Å². The number of hydrogen-bond acceptors (Lipinski definition) is 4. The second kappa shape index (κ2) is 9.75. The number of aryl methyl sites for hydroxylation is 1.